The van der Waals surface area contributed by atoms with Gasteiger partial charge in [0, 0.05) is 10.4 Å². The first-order valence-electron chi connectivity index (χ1n) is 7.24. The second kappa shape index (κ2) is 7.16. The fourth-order valence-corrected chi connectivity index (χ4v) is 2.84. The van der Waals surface area contributed by atoms with Crippen molar-refractivity contribution in [1.82, 2.24) is 15.5 Å². The topological polar surface area (TPSA) is 91.8 Å². The van der Waals surface area contributed by atoms with Crippen LogP contribution in [-0.2, 0) is 6.18 Å². The van der Waals surface area contributed by atoms with Crippen LogP contribution < -0.4 is 5.32 Å². The van der Waals surface area contributed by atoms with Gasteiger partial charge in [0.05, 0.1) is 11.6 Å². The third-order valence-corrected chi connectivity index (χ3v) is 4.31. The summed E-state index contributed by atoms with van der Waals surface area (Å²) >= 11 is 1.25. The average Bonchev–Trinajstić information content (AvgIpc) is 3.30. The summed E-state index contributed by atoms with van der Waals surface area (Å²) in [6.45, 7) is 0. The average molecular weight is 396 g/mol. The number of nitrogens with zero attached hydrogens (tertiary/aromatic N) is 3. The van der Waals surface area contributed by atoms with Crippen LogP contribution in [0.15, 0.2) is 40.2 Å². The maximum Gasteiger partial charge on any atom is 0.471 e. The van der Waals surface area contributed by atoms with Crippen molar-refractivity contribution in [2.24, 2.45) is 0 Å². The van der Waals surface area contributed by atoms with Crippen LogP contribution in [0.2, 0.25) is 0 Å². The molecule has 3 rings (SSSR count). The molecule has 27 heavy (non-hydrogen) atoms. The molecule has 0 saturated carbocycles. The molecule has 3 aromatic rings. The molecule has 1 N–H and O–H groups in total. The quantitative estimate of drug-likeness (QED) is 0.674. The van der Waals surface area contributed by atoms with E-state index >= 15 is 0 Å². The van der Waals surface area contributed by atoms with Gasteiger partial charge in [0.25, 0.3) is 5.91 Å². The number of hydrogen-bond donors (Lipinski definition) is 1. The lowest BCUT2D eigenvalue weighted by atomic mass is 10.1. The van der Waals surface area contributed by atoms with Crippen LogP contribution in [-0.4, -0.2) is 16.0 Å². The molecule has 0 aliphatic heterocycles. The summed E-state index contributed by atoms with van der Waals surface area (Å²) in [5, 5.41) is 16.4. The SMILES string of the molecule is N#CC(NC(=O)c1ccc(-c2noc(C(F)(F)F)n2)cc1F)c1cccs1. The first-order valence-corrected chi connectivity index (χ1v) is 8.12. The highest BCUT2D eigenvalue weighted by molar-refractivity contribution is 7.10. The standard InChI is InChI=1S/C16H8F4N4O2S/c17-10-6-8(13-23-15(26-24-13)16(18,19)20)3-4-9(10)14(25)22-11(7-21)12-2-1-5-27-12/h1-6,11H,(H,22,25). The van der Waals surface area contributed by atoms with Gasteiger partial charge in [-0.1, -0.05) is 17.3 Å². The molecule has 2 heterocycles. The molecule has 0 aliphatic rings. The zero-order chi connectivity index (χ0) is 19.6. The van der Waals surface area contributed by atoms with Gasteiger partial charge in [-0.3, -0.25) is 4.79 Å². The lowest BCUT2D eigenvalue weighted by molar-refractivity contribution is -0.159. The number of hydrogen-bond acceptors (Lipinski definition) is 6. The van der Waals surface area contributed by atoms with Crippen molar-refractivity contribution in [2.45, 2.75) is 12.2 Å². The zero-order valence-electron chi connectivity index (χ0n) is 13.1. The van der Waals surface area contributed by atoms with Gasteiger partial charge < -0.3 is 9.84 Å². The number of nitriles is 1. The van der Waals surface area contributed by atoms with Crippen LogP contribution in [0, 0.1) is 17.1 Å². The van der Waals surface area contributed by atoms with E-state index in [-0.39, 0.29) is 11.1 Å². The first kappa shape index (κ1) is 18.5. The second-order valence-corrected chi connectivity index (χ2v) is 6.15. The van der Waals surface area contributed by atoms with Gasteiger partial charge in [0.1, 0.15) is 5.82 Å². The first-order chi connectivity index (χ1) is 12.8. The molecule has 138 valence electrons. The van der Waals surface area contributed by atoms with E-state index < -0.39 is 35.7 Å². The number of aromatic nitrogens is 2. The zero-order valence-corrected chi connectivity index (χ0v) is 13.9. The number of rotatable bonds is 4. The van der Waals surface area contributed by atoms with Gasteiger partial charge in [-0.25, -0.2) is 4.39 Å². The molecule has 6 nitrogen and oxygen atoms in total. The fraction of sp³-hybridized carbons (Fsp3) is 0.125. The molecule has 0 fully saturated rings. The fourth-order valence-electron chi connectivity index (χ4n) is 2.13. The Morgan fingerprint density at radius 2 is 2.11 bits per heavy atom. The highest BCUT2D eigenvalue weighted by atomic mass is 32.1. The normalized spacial score (nSPS) is 12.4. The molecule has 0 radical (unpaired) electrons. The number of thiophene rings is 1. The summed E-state index contributed by atoms with van der Waals surface area (Å²) in [6.07, 6.45) is -4.82. The number of amides is 1. The van der Waals surface area contributed by atoms with Crippen molar-refractivity contribution in [1.29, 1.82) is 5.26 Å². The molecule has 1 aromatic carbocycles. The van der Waals surface area contributed by atoms with Crippen molar-refractivity contribution in [3.63, 3.8) is 0 Å². The molecule has 0 spiro atoms. The monoisotopic (exact) mass is 396 g/mol. The Morgan fingerprint density at radius 3 is 2.67 bits per heavy atom. The molecule has 0 aliphatic carbocycles. The molecule has 1 unspecified atom stereocenters. The van der Waals surface area contributed by atoms with Gasteiger partial charge in [0.2, 0.25) is 5.82 Å². The summed E-state index contributed by atoms with van der Waals surface area (Å²) in [7, 11) is 0. The summed E-state index contributed by atoms with van der Waals surface area (Å²) < 4.78 is 55.8. The van der Waals surface area contributed by atoms with Gasteiger partial charge in [-0.05, 0) is 23.6 Å². The van der Waals surface area contributed by atoms with Crippen LogP contribution in [0.5, 0.6) is 0 Å². The van der Waals surface area contributed by atoms with Crippen LogP contribution in [0.1, 0.15) is 27.2 Å². The maximum atomic E-state index is 14.3. The molecule has 1 atom stereocenters. The van der Waals surface area contributed by atoms with Crippen molar-refractivity contribution >= 4 is 17.2 Å². The Morgan fingerprint density at radius 1 is 1.33 bits per heavy atom. The number of nitrogens with one attached hydrogen (secondary N) is 1. The number of alkyl halides is 3. The molecule has 11 heteroatoms. The van der Waals surface area contributed by atoms with Crippen LogP contribution in [0.25, 0.3) is 11.4 Å². The third-order valence-electron chi connectivity index (χ3n) is 3.37. The summed E-state index contributed by atoms with van der Waals surface area (Å²) in [4.78, 5) is 15.9. The number of carbonyl (C=O) groups is 1. The van der Waals surface area contributed by atoms with E-state index in [2.05, 4.69) is 20.0 Å². The number of carbonyl (C=O) groups excluding carboxylic acids is 1. The summed E-state index contributed by atoms with van der Waals surface area (Å²) in [5.74, 6) is -3.89. The highest BCUT2D eigenvalue weighted by Crippen LogP contribution is 2.29. The van der Waals surface area contributed by atoms with Gasteiger partial charge in [0.15, 0.2) is 6.04 Å². The summed E-state index contributed by atoms with van der Waals surface area (Å²) in [5.41, 5.74) is -0.478. The predicted molar refractivity (Wildman–Crippen MR) is 84.8 cm³/mol. The van der Waals surface area contributed by atoms with Crippen LogP contribution in [0.3, 0.4) is 0 Å². The smallest absolute Gasteiger partial charge is 0.332 e. The minimum Gasteiger partial charge on any atom is -0.332 e. The number of benzene rings is 1. The van der Waals surface area contributed by atoms with E-state index in [9.17, 15) is 22.4 Å². The van der Waals surface area contributed by atoms with E-state index in [0.29, 0.717) is 4.88 Å². The molecule has 0 bridgehead atoms. The Bertz CT molecular complexity index is 1010. The Hall–Kier alpha value is -3.26. The molecule has 1 amide bonds. The lowest BCUT2D eigenvalue weighted by Crippen LogP contribution is -2.27. The predicted octanol–water partition coefficient (Wildman–Crippen LogP) is 3.95. The minimum absolute atomic E-state index is 0.0987. The van der Waals surface area contributed by atoms with Gasteiger partial charge >= 0.3 is 12.1 Å². The molecular weight excluding hydrogens is 388 g/mol. The van der Waals surface area contributed by atoms with Crippen molar-refractivity contribution in [2.75, 3.05) is 0 Å². The summed E-state index contributed by atoms with van der Waals surface area (Å²) in [6, 6.07) is 7.34. The third kappa shape index (κ3) is 3.95. The largest absolute Gasteiger partial charge is 0.471 e. The second-order valence-electron chi connectivity index (χ2n) is 5.17. The highest BCUT2D eigenvalue weighted by Gasteiger charge is 2.38. The van der Waals surface area contributed by atoms with E-state index in [1.54, 1.807) is 17.5 Å². The van der Waals surface area contributed by atoms with Gasteiger partial charge in [-0.15, -0.1) is 11.3 Å². The Balaban J connectivity index is 1.81. The minimum atomic E-state index is -4.82. The Labute approximate surface area is 153 Å². The van der Waals surface area contributed by atoms with Crippen molar-refractivity contribution in [3.05, 3.63) is 57.9 Å². The van der Waals surface area contributed by atoms with Crippen LogP contribution >= 0.6 is 11.3 Å². The number of halogens is 4. The van der Waals surface area contributed by atoms with Crippen LogP contribution in [0.4, 0.5) is 17.6 Å². The van der Waals surface area contributed by atoms with E-state index in [0.717, 1.165) is 12.1 Å². The van der Waals surface area contributed by atoms with E-state index in [4.69, 9.17) is 5.26 Å². The lowest BCUT2D eigenvalue weighted by Gasteiger charge is -2.10. The maximum absolute atomic E-state index is 14.3. The van der Waals surface area contributed by atoms with Crippen molar-refractivity contribution < 1.29 is 26.9 Å². The van der Waals surface area contributed by atoms with E-state index in [1.807, 2.05) is 6.07 Å². The van der Waals surface area contributed by atoms with Gasteiger partial charge in [-0.2, -0.15) is 23.4 Å². The van der Waals surface area contributed by atoms with E-state index in [1.165, 1.54) is 17.4 Å². The molecule has 2 aromatic heterocycles. The molecular formula is C16H8F4N4O2S. The van der Waals surface area contributed by atoms with Crippen molar-refractivity contribution in [3.8, 4) is 17.5 Å². The molecule has 0 saturated heterocycles. The Kier molecular flexibility index (Phi) is 4.91.